The smallest absolute Gasteiger partial charge is 0.0900 e. The normalized spacial score (nSPS) is 21.5. The van der Waals surface area contributed by atoms with Crippen LogP contribution in [0.15, 0.2) is 0 Å². The van der Waals surface area contributed by atoms with Crippen LogP contribution in [0.3, 0.4) is 0 Å². The highest BCUT2D eigenvalue weighted by molar-refractivity contribution is 4.82. The van der Waals surface area contributed by atoms with E-state index in [1.807, 2.05) is 13.8 Å². The molecule has 0 aliphatic carbocycles. The Labute approximate surface area is 112 Å². The summed E-state index contributed by atoms with van der Waals surface area (Å²) in [5.41, 5.74) is 0.255. The van der Waals surface area contributed by atoms with Crippen LogP contribution >= 0.6 is 0 Å². The summed E-state index contributed by atoms with van der Waals surface area (Å²) in [6.07, 6.45) is -0.175. The quantitative estimate of drug-likeness (QED) is 0.803. The molecule has 0 spiro atoms. The molecule has 0 radical (unpaired) electrons. The molecule has 1 saturated heterocycles. The minimum Gasteiger partial charge on any atom is -0.389 e. The first kappa shape index (κ1) is 15.9. The number of hydrogen-bond acceptors (Lipinski definition) is 4. The number of piperazine rings is 1. The molecule has 0 bridgehead atoms. The molecule has 0 aromatic rings. The fourth-order valence-corrected chi connectivity index (χ4v) is 2.26. The average Bonchev–Trinajstić information content (AvgIpc) is 2.26. The molecule has 1 rings (SSSR count). The van der Waals surface area contributed by atoms with E-state index in [1.54, 1.807) is 0 Å². The van der Waals surface area contributed by atoms with E-state index in [4.69, 9.17) is 4.74 Å². The predicted octanol–water partition coefficient (Wildman–Crippen LogP) is 1.19. The van der Waals surface area contributed by atoms with E-state index < -0.39 is 0 Å². The van der Waals surface area contributed by atoms with E-state index in [2.05, 4.69) is 30.6 Å². The molecule has 0 aromatic heterocycles. The zero-order valence-corrected chi connectivity index (χ0v) is 12.6. The Morgan fingerprint density at radius 2 is 1.67 bits per heavy atom. The second-order valence-electron chi connectivity index (χ2n) is 6.49. The van der Waals surface area contributed by atoms with Crippen LogP contribution in [0, 0.1) is 0 Å². The predicted molar refractivity (Wildman–Crippen MR) is 74.9 cm³/mol. The van der Waals surface area contributed by atoms with Crippen molar-refractivity contribution in [1.82, 2.24) is 9.80 Å². The number of rotatable bonds is 5. The van der Waals surface area contributed by atoms with Crippen molar-refractivity contribution in [1.29, 1.82) is 0 Å². The zero-order chi connectivity index (χ0) is 13.8. The SMILES string of the molecule is CC(C)OCC(O)CN1CCN(C(C)(C)C)CC1. The lowest BCUT2D eigenvalue weighted by atomic mass is 10.0. The van der Waals surface area contributed by atoms with Crippen LogP contribution in [-0.4, -0.2) is 72.0 Å². The van der Waals surface area contributed by atoms with E-state index in [0.29, 0.717) is 6.61 Å². The van der Waals surface area contributed by atoms with Crippen molar-refractivity contribution in [3.05, 3.63) is 0 Å². The summed E-state index contributed by atoms with van der Waals surface area (Å²) in [5.74, 6) is 0. The van der Waals surface area contributed by atoms with Crippen LogP contribution in [0.1, 0.15) is 34.6 Å². The number of aliphatic hydroxyl groups excluding tert-OH is 1. The third-order valence-electron chi connectivity index (χ3n) is 3.41. The maximum Gasteiger partial charge on any atom is 0.0900 e. The Morgan fingerprint density at radius 3 is 2.11 bits per heavy atom. The highest BCUT2D eigenvalue weighted by Gasteiger charge is 2.26. The van der Waals surface area contributed by atoms with Gasteiger partial charge in [-0.25, -0.2) is 0 Å². The molecule has 4 nitrogen and oxygen atoms in total. The summed E-state index contributed by atoms with van der Waals surface area (Å²) in [7, 11) is 0. The molecule has 108 valence electrons. The number of ether oxygens (including phenoxy) is 1. The molecule has 1 N–H and O–H groups in total. The lowest BCUT2D eigenvalue weighted by Crippen LogP contribution is -2.54. The summed E-state index contributed by atoms with van der Waals surface area (Å²) in [6.45, 7) is 16.2. The maximum atomic E-state index is 9.90. The van der Waals surface area contributed by atoms with Gasteiger partial charge in [-0.3, -0.25) is 9.80 Å². The lowest BCUT2D eigenvalue weighted by Gasteiger charge is -2.42. The lowest BCUT2D eigenvalue weighted by molar-refractivity contribution is -0.0199. The van der Waals surface area contributed by atoms with Crippen molar-refractivity contribution in [2.75, 3.05) is 39.3 Å². The largest absolute Gasteiger partial charge is 0.389 e. The maximum absolute atomic E-state index is 9.90. The van der Waals surface area contributed by atoms with Crippen LogP contribution in [0.5, 0.6) is 0 Å². The summed E-state index contributed by atoms with van der Waals surface area (Å²) in [5, 5.41) is 9.90. The molecule has 1 aliphatic heterocycles. The van der Waals surface area contributed by atoms with Gasteiger partial charge in [-0.1, -0.05) is 0 Å². The van der Waals surface area contributed by atoms with E-state index in [1.165, 1.54) is 0 Å². The number of hydrogen-bond donors (Lipinski definition) is 1. The third kappa shape index (κ3) is 5.65. The first-order chi connectivity index (χ1) is 8.29. The van der Waals surface area contributed by atoms with Crippen molar-refractivity contribution in [3.8, 4) is 0 Å². The monoisotopic (exact) mass is 258 g/mol. The van der Waals surface area contributed by atoms with E-state index in [9.17, 15) is 5.11 Å². The van der Waals surface area contributed by atoms with Crippen LogP contribution in [0.2, 0.25) is 0 Å². The van der Waals surface area contributed by atoms with Crippen molar-refractivity contribution in [3.63, 3.8) is 0 Å². The molecular formula is C14H30N2O2. The molecule has 0 saturated carbocycles. The molecule has 1 atom stereocenters. The Bertz CT molecular complexity index is 230. The van der Waals surface area contributed by atoms with Gasteiger partial charge < -0.3 is 9.84 Å². The molecule has 0 aromatic carbocycles. The van der Waals surface area contributed by atoms with E-state index in [0.717, 1.165) is 32.7 Å². The second-order valence-corrected chi connectivity index (χ2v) is 6.49. The molecular weight excluding hydrogens is 228 g/mol. The van der Waals surface area contributed by atoms with Crippen LogP contribution < -0.4 is 0 Å². The summed E-state index contributed by atoms with van der Waals surface area (Å²) >= 11 is 0. The van der Waals surface area contributed by atoms with Gasteiger partial charge in [-0.05, 0) is 34.6 Å². The molecule has 0 amide bonds. The van der Waals surface area contributed by atoms with Gasteiger partial charge >= 0.3 is 0 Å². The standard InChI is InChI=1S/C14H30N2O2/c1-12(2)18-11-13(17)10-15-6-8-16(9-7-15)14(3,4)5/h12-13,17H,6-11H2,1-5H3. The van der Waals surface area contributed by atoms with Gasteiger partial charge in [0.1, 0.15) is 0 Å². The minimum absolute atomic E-state index is 0.192. The van der Waals surface area contributed by atoms with Gasteiger partial charge in [0.25, 0.3) is 0 Å². The van der Waals surface area contributed by atoms with Crippen molar-refractivity contribution >= 4 is 0 Å². The van der Waals surface area contributed by atoms with Gasteiger partial charge in [0.05, 0.1) is 18.8 Å². The van der Waals surface area contributed by atoms with Crippen LogP contribution in [-0.2, 0) is 4.74 Å². The van der Waals surface area contributed by atoms with Gasteiger partial charge in [-0.15, -0.1) is 0 Å². The number of aliphatic hydroxyl groups is 1. The van der Waals surface area contributed by atoms with Crippen LogP contribution in [0.25, 0.3) is 0 Å². The topological polar surface area (TPSA) is 35.9 Å². The Kier molecular flexibility index (Phi) is 6.05. The van der Waals surface area contributed by atoms with Crippen molar-refractivity contribution in [2.45, 2.75) is 52.4 Å². The minimum atomic E-state index is -0.367. The average molecular weight is 258 g/mol. The third-order valence-corrected chi connectivity index (χ3v) is 3.41. The van der Waals surface area contributed by atoms with Crippen molar-refractivity contribution < 1.29 is 9.84 Å². The highest BCUT2D eigenvalue weighted by Crippen LogP contribution is 2.15. The molecule has 1 heterocycles. The molecule has 18 heavy (non-hydrogen) atoms. The summed E-state index contributed by atoms with van der Waals surface area (Å²) < 4.78 is 5.43. The van der Waals surface area contributed by atoms with Gasteiger partial charge in [0.2, 0.25) is 0 Å². The molecule has 1 fully saturated rings. The van der Waals surface area contributed by atoms with Gasteiger partial charge in [0.15, 0.2) is 0 Å². The molecule has 4 heteroatoms. The Morgan fingerprint density at radius 1 is 1.11 bits per heavy atom. The summed E-state index contributed by atoms with van der Waals surface area (Å²) in [6, 6.07) is 0. The fraction of sp³-hybridized carbons (Fsp3) is 1.00. The number of nitrogens with zero attached hydrogens (tertiary/aromatic N) is 2. The summed E-state index contributed by atoms with van der Waals surface area (Å²) in [4.78, 5) is 4.83. The van der Waals surface area contributed by atoms with Crippen LogP contribution in [0.4, 0.5) is 0 Å². The molecule has 1 aliphatic rings. The van der Waals surface area contributed by atoms with E-state index in [-0.39, 0.29) is 17.7 Å². The highest BCUT2D eigenvalue weighted by atomic mass is 16.5. The number of β-amino-alcohol motifs (C(OH)–C–C–N with tert-alkyl or cyclic N) is 1. The Balaban J connectivity index is 2.23. The van der Waals surface area contributed by atoms with Gasteiger partial charge in [0, 0.05) is 38.3 Å². The van der Waals surface area contributed by atoms with Gasteiger partial charge in [-0.2, -0.15) is 0 Å². The molecule has 1 unspecified atom stereocenters. The first-order valence-electron chi connectivity index (χ1n) is 7.06. The zero-order valence-electron chi connectivity index (χ0n) is 12.6. The first-order valence-corrected chi connectivity index (χ1v) is 7.06. The van der Waals surface area contributed by atoms with Crippen molar-refractivity contribution in [2.24, 2.45) is 0 Å². The fourth-order valence-electron chi connectivity index (χ4n) is 2.26. The second kappa shape index (κ2) is 6.85. The Hall–Kier alpha value is -0.160. The van der Waals surface area contributed by atoms with E-state index >= 15 is 0 Å².